The molecule has 1 amide bonds. The molecule has 0 bridgehead atoms. The second kappa shape index (κ2) is 9.83. The highest BCUT2D eigenvalue weighted by molar-refractivity contribution is 6.35. The van der Waals surface area contributed by atoms with Crippen LogP contribution in [0.1, 0.15) is 5.56 Å². The maximum atomic E-state index is 13.2. The van der Waals surface area contributed by atoms with Gasteiger partial charge in [-0.1, -0.05) is 29.3 Å². The van der Waals surface area contributed by atoms with Gasteiger partial charge in [-0.25, -0.2) is 0 Å². The van der Waals surface area contributed by atoms with Crippen molar-refractivity contribution in [2.45, 2.75) is 18.6 Å². The summed E-state index contributed by atoms with van der Waals surface area (Å²) in [6.45, 7) is 1.11. The number of alkyl halides is 3. The lowest BCUT2D eigenvalue weighted by molar-refractivity contribution is -0.184. The number of carbonyl (C=O) groups is 1. The van der Waals surface area contributed by atoms with Gasteiger partial charge in [0.25, 0.3) is 0 Å². The van der Waals surface area contributed by atoms with Gasteiger partial charge in [0.15, 0.2) is 0 Å². The van der Waals surface area contributed by atoms with E-state index in [0.717, 1.165) is 0 Å². The predicted molar refractivity (Wildman–Crippen MR) is 94.7 cm³/mol. The number of hydrogen-bond acceptors (Lipinski definition) is 3. The Balaban J connectivity index is 0.00000312. The Morgan fingerprint density at radius 2 is 1.92 bits per heavy atom. The van der Waals surface area contributed by atoms with Crippen LogP contribution < -0.4 is 10.6 Å². The summed E-state index contributed by atoms with van der Waals surface area (Å²) >= 11 is 11.7. The summed E-state index contributed by atoms with van der Waals surface area (Å²) in [4.78, 5) is 13.3. The van der Waals surface area contributed by atoms with Crippen molar-refractivity contribution in [3.8, 4) is 0 Å². The molecule has 0 radical (unpaired) electrons. The standard InChI is InChI=1S/C15H18Cl2F3N3O.ClH/c16-11-2-1-10(12(17)8-11)7-14(24)22-9-13(15(18,19)20)23-5-3-21-4-6-23;/h1-2,8,13,21H,3-7,9H2,(H,22,24);1H. The molecule has 0 spiro atoms. The van der Waals surface area contributed by atoms with E-state index in [1.54, 1.807) is 12.1 Å². The second-order valence-corrected chi connectivity index (χ2v) is 6.40. The monoisotopic (exact) mass is 419 g/mol. The van der Waals surface area contributed by atoms with E-state index in [2.05, 4.69) is 10.6 Å². The maximum Gasteiger partial charge on any atom is 0.405 e. The molecule has 25 heavy (non-hydrogen) atoms. The highest BCUT2D eigenvalue weighted by Crippen LogP contribution is 2.25. The molecular weight excluding hydrogens is 402 g/mol. The fraction of sp³-hybridized carbons (Fsp3) is 0.533. The first-order chi connectivity index (χ1) is 11.3. The van der Waals surface area contributed by atoms with Crippen LogP contribution in [0.25, 0.3) is 0 Å². The molecule has 2 N–H and O–H groups in total. The minimum atomic E-state index is -4.40. The van der Waals surface area contributed by atoms with Crippen LogP contribution >= 0.6 is 35.6 Å². The SMILES string of the molecule is Cl.O=C(Cc1ccc(Cl)cc1Cl)NCC(N1CCNCC1)C(F)(F)F. The van der Waals surface area contributed by atoms with Crippen molar-refractivity contribution in [3.05, 3.63) is 33.8 Å². The van der Waals surface area contributed by atoms with Crippen LogP contribution in [0.5, 0.6) is 0 Å². The van der Waals surface area contributed by atoms with Crippen LogP contribution in [0.3, 0.4) is 0 Å². The highest BCUT2D eigenvalue weighted by atomic mass is 35.5. The second-order valence-electron chi connectivity index (χ2n) is 5.56. The first kappa shape index (κ1) is 22.3. The van der Waals surface area contributed by atoms with Crippen LogP contribution in [-0.4, -0.2) is 55.7 Å². The zero-order valence-electron chi connectivity index (χ0n) is 13.2. The number of hydrogen-bond donors (Lipinski definition) is 2. The first-order valence-corrected chi connectivity index (χ1v) is 8.25. The van der Waals surface area contributed by atoms with Gasteiger partial charge in [-0.05, 0) is 17.7 Å². The Morgan fingerprint density at radius 1 is 1.28 bits per heavy atom. The number of carbonyl (C=O) groups excluding carboxylic acids is 1. The molecule has 0 saturated carbocycles. The number of halogens is 6. The van der Waals surface area contributed by atoms with Crippen molar-refractivity contribution in [1.82, 2.24) is 15.5 Å². The third-order valence-corrected chi connectivity index (χ3v) is 4.42. The quantitative estimate of drug-likeness (QED) is 0.770. The normalized spacial score (nSPS) is 16.8. The van der Waals surface area contributed by atoms with E-state index in [4.69, 9.17) is 23.2 Å². The van der Waals surface area contributed by atoms with Gasteiger partial charge >= 0.3 is 6.18 Å². The summed E-state index contributed by atoms with van der Waals surface area (Å²) in [6, 6.07) is 2.96. The van der Waals surface area contributed by atoms with Crippen molar-refractivity contribution in [3.63, 3.8) is 0 Å². The van der Waals surface area contributed by atoms with Gasteiger partial charge in [0.2, 0.25) is 5.91 Å². The van der Waals surface area contributed by atoms with Gasteiger partial charge in [-0.15, -0.1) is 12.4 Å². The van der Waals surface area contributed by atoms with Crippen molar-refractivity contribution < 1.29 is 18.0 Å². The molecule has 0 aliphatic carbocycles. The first-order valence-electron chi connectivity index (χ1n) is 7.49. The lowest BCUT2D eigenvalue weighted by Crippen LogP contribution is -2.57. The lowest BCUT2D eigenvalue weighted by atomic mass is 10.1. The Hall–Kier alpha value is -0.730. The van der Waals surface area contributed by atoms with Gasteiger partial charge in [0.05, 0.1) is 6.42 Å². The molecule has 1 saturated heterocycles. The van der Waals surface area contributed by atoms with E-state index < -0.39 is 24.7 Å². The van der Waals surface area contributed by atoms with Crippen molar-refractivity contribution >= 4 is 41.5 Å². The molecule has 1 atom stereocenters. The summed E-state index contributed by atoms with van der Waals surface area (Å²) in [7, 11) is 0. The topological polar surface area (TPSA) is 44.4 Å². The predicted octanol–water partition coefficient (Wildman–Crippen LogP) is 2.91. The van der Waals surface area contributed by atoms with E-state index in [1.165, 1.54) is 11.0 Å². The molecule has 1 fully saturated rings. The molecule has 0 aromatic heterocycles. The minimum Gasteiger partial charge on any atom is -0.354 e. The van der Waals surface area contributed by atoms with E-state index in [9.17, 15) is 18.0 Å². The summed E-state index contributed by atoms with van der Waals surface area (Å²) in [6.07, 6.45) is -4.50. The molecule has 1 heterocycles. The molecule has 1 aliphatic heterocycles. The minimum absolute atomic E-state index is 0. The molecular formula is C15H19Cl3F3N3O. The van der Waals surface area contributed by atoms with Crippen molar-refractivity contribution in [2.75, 3.05) is 32.7 Å². The fourth-order valence-corrected chi connectivity index (χ4v) is 3.03. The van der Waals surface area contributed by atoms with E-state index in [1.807, 2.05) is 0 Å². The molecule has 1 aliphatic rings. The lowest BCUT2D eigenvalue weighted by Gasteiger charge is -2.35. The zero-order valence-corrected chi connectivity index (χ0v) is 15.5. The van der Waals surface area contributed by atoms with Crippen LogP contribution in [0.15, 0.2) is 18.2 Å². The van der Waals surface area contributed by atoms with Gasteiger partial charge in [0, 0.05) is 42.8 Å². The largest absolute Gasteiger partial charge is 0.405 e. The smallest absolute Gasteiger partial charge is 0.354 e. The Kier molecular flexibility index (Phi) is 8.77. The fourth-order valence-electron chi connectivity index (χ4n) is 2.56. The number of nitrogens with zero attached hydrogens (tertiary/aromatic N) is 1. The van der Waals surface area contributed by atoms with E-state index >= 15 is 0 Å². The Bertz CT molecular complexity index is 581. The van der Waals surface area contributed by atoms with Crippen LogP contribution in [0.2, 0.25) is 10.0 Å². The molecule has 1 aromatic carbocycles. The van der Waals surface area contributed by atoms with Crippen molar-refractivity contribution in [1.29, 1.82) is 0 Å². The number of amides is 1. The Labute approximate surface area is 160 Å². The third kappa shape index (κ3) is 6.83. The average Bonchev–Trinajstić information content (AvgIpc) is 2.50. The molecule has 1 unspecified atom stereocenters. The molecule has 1 aromatic rings. The van der Waals surface area contributed by atoms with Crippen LogP contribution in [0.4, 0.5) is 13.2 Å². The van der Waals surface area contributed by atoms with E-state index in [-0.39, 0.29) is 18.8 Å². The van der Waals surface area contributed by atoms with Gasteiger partial charge in [-0.2, -0.15) is 13.2 Å². The highest BCUT2D eigenvalue weighted by Gasteiger charge is 2.43. The third-order valence-electron chi connectivity index (χ3n) is 3.83. The Morgan fingerprint density at radius 3 is 2.48 bits per heavy atom. The number of piperazine rings is 1. The number of benzene rings is 1. The van der Waals surface area contributed by atoms with Crippen LogP contribution in [-0.2, 0) is 11.2 Å². The maximum absolute atomic E-state index is 13.2. The summed E-state index contributed by atoms with van der Waals surface area (Å²) < 4.78 is 39.7. The summed E-state index contributed by atoms with van der Waals surface area (Å²) in [5.41, 5.74) is 0.518. The van der Waals surface area contributed by atoms with Crippen LogP contribution in [0, 0.1) is 0 Å². The van der Waals surface area contributed by atoms with Gasteiger partial charge in [-0.3, -0.25) is 9.69 Å². The molecule has 10 heteroatoms. The summed E-state index contributed by atoms with van der Waals surface area (Å²) in [5, 5.41) is 6.11. The summed E-state index contributed by atoms with van der Waals surface area (Å²) in [5.74, 6) is -0.511. The van der Waals surface area contributed by atoms with E-state index in [0.29, 0.717) is 41.8 Å². The average molecular weight is 421 g/mol. The molecule has 4 nitrogen and oxygen atoms in total. The van der Waals surface area contributed by atoms with Gasteiger partial charge < -0.3 is 10.6 Å². The van der Waals surface area contributed by atoms with Crippen molar-refractivity contribution in [2.24, 2.45) is 0 Å². The van der Waals surface area contributed by atoms with Gasteiger partial charge in [0.1, 0.15) is 6.04 Å². The number of rotatable bonds is 5. The zero-order chi connectivity index (χ0) is 17.7. The molecule has 2 rings (SSSR count). The number of nitrogens with one attached hydrogen (secondary N) is 2. The molecule has 142 valence electrons.